The summed E-state index contributed by atoms with van der Waals surface area (Å²) in [7, 11) is 3.21. The van der Waals surface area contributed by atoms with Gasteiger partial charge < -0.3 is 24.8 Å². The van der Waals surface area contributed by atoms with E-state index in [0.29, 0.717) is 44.2 Å². The first-order valence-electron chi connectivity index (χ1n) is 10.4. The van der Waals surface area contributed by atoms with Crippen LogP contribution < -0.4 is 20.1 Å². The van der Waals surface area contributed by atoms with Crippen molar-refractivity contribution in [2.75, 3.05) is 53.6 Å². The molecule has 31 heavy (non-hydrogen) atoms. The van der Waals surface area contributed by atoms with Crippen molar-refractivity contribution >= 4 is 6.03 Å². The summed E-state index contributed by atoms with van der Waals surface area (Å²) in [5.41, 5.74) is 1.87. The Morgan fingerprint density at radius 3 is 2.58 bits per heavy atom. The molecule has 1 fully saturated rings. The van der Waals surface area contributed by atoms with Gasteiger partial charge in [-0.15, -0.1) is 0 Å². The van der Waals surface area contributed by atoms with Gasteiger partial charge in [0, 0.05) is 26.2 Å². The monoisotopic (exact) mass is 431 g/mol. The highest BCUT2D eigenvalue weighted by Gasteiger charge is 2.24. The maximum atomic E-state index is 13.3. The molecule has 3 rings (SSSR count). The van der Waals surface area contributed by atoms with Gasteiger partial charge in [0.25, 0.3) is 0 Å². The minimum Gasteiger partial charge on any atom is -0.493 e. The highest BCUT2D eigenvalue weighted by molar-refractivity contribution is 5.73. The van der Waals surface area contributed by atoms with E-state index in [-0.39, 0.29) is 17.9 Å². The van der Waals surface area contributed by atoms with Crippen molar-refractivity contribution in [1.29, 1.82) is 0 Å². The number of carbonyl (C=O) groups excluding carboxylic acids is 1. The van der Waals surface area contributed by atoms with Gasteiger partial charge >= 0.3 is 6.03 Å². The molecule has 0 spiro atoms. The summed E-state index contributed by atoms with van der Waals surface area (Å²) >= 11 is 0. The number of nitrogens with zero attached hydrogens (tertiary/aromatic N) is 1. The van der Waals surface area contributed by atoms with Crippen molar-refractivity contribution < 1.29 is 23.4 Å². The molecule has 7 nitrogen and oxygen atoms in total. The number of carbonyl (C=O) groups is 1. The average Bonchev–Trinajstić information content (AvgIpc) is 2.80. The van der Waals surface area contributed by atoms with E-state index >= 15 is 0 Å². The molecule has 0 bridgehead atoms. The average molecular weight is 432 g/mol. The molecule has 0 saturated carbocycles. The van der Waals surface area contributed by atoms with Crippen molar-refractivity contribution in [2.45, 2.75) is 12.5 Å². The minimum atomic E-state index is -0.273. The minimum absolute atomic E-state index is 0.0299. The predicted octanol–water partition coefficient (Wildman–Crippen LogP) is 2.76. The number of morpholine rings is 1. The van der Waals surface area contributed by atoms with Crippen LogP contribution in [0.4, 0.5) is 9.18 Å². The van der Waals surface area contributed by atoms with Crippen molar-refractivity contribution in [3.05, 3.63) is 59.4 Å². The fourth-order valence-electron chi connectivity index (χ4n) is 3.67. The van der Waals surface area contributed by atoms with Gasteiger partial charge in [0.2, 0.25) is 0 Å². The third-order valence-electron chi connectivity index (χ3n) is 5.32. The fraction of sp³-hybridized carbons (Fsp3) is 0.435. The van der Waals surface area contributed by atoms with Gasteiger partial charge in [-0.1, -0.05) is 18.2 Å². The molecule has 2 aromatic rings. The van der Waals surface area contributed by atoms with Crippen LogP contribution in [0.2, 0.25) is 0 Å². The molecule has 1 atom stereocenters. The van der Waals surface area contributed by atoms with Crippen LogP contribution in [-0.2, 0) is 11.2 Å². The Morgan fingerprint density at radius 2 is 1.87 bits per heavy atom. The zero-order valence-electron chi connectivity index (χ0n) is 18.0. The molecule has 1 aliphatic heterocycles. The largest absolute Gasteiger partial charge is 0.493 e. The predicted molar refractivity (Wildman–Crippen MR) is 116 cm³/mol. The normalized spacial score (nSPS) is 15.2. The second kappa shape index (κ2) is 11.5. The first kappa shape index (κ1) is 22.8. The van der Waals surface area contributed by atoms with Gasteiger partial charge in [0.15, 0.2) is 11.5 Å². The number of rotatable bonds is 9. The summed E-state index contributed by atoms with van der Waals surface area (Å²) in [5.74, 6) is 1.04. The summed E-state index contributed by atoms with van der Waals surface area (Å²) in [5, 5.41) is 5.80. The van der Waals surface area contributed by atoms with Crippen molar-refractivity contribution in [3.63, 3.8) is 0 Å². The second-order valence-corrected chi connectivity index (χ2v) is 7.30. The topological polar surface area (TPSA) is 72.1 Å². The molecule has 0 radical (unpaired) electrons. The molecule has 1 aliphatic rings. The fourth-order valence-corrected chi connectivity index (χ4v) is 3.67. The van der Waals surface area contributed by atoms with E-state index in [1.54, 1.807) is 20.3 Å². The maximum Gasteiger partial charge on any atom is 0.314 e. The highest BCUT2D eigenvalue weighted by atomic mass is 19.1. The molecular weight excluding hydrogens is 401 g/mol. The van der Waals surface area contributed by atoms with E-state index in [1.165, 1.54) is 12.1 Å². The lowest BCUT2D eigenvalue weighted by molar-refractivity contribution is 0.0166. The molecule has 0 aromatic heterocycles. The molecular formula is C23H30FN3O4. The third-order valence-corrected chi connectivity index (χ3v) is 5.32. The number of amides is 2. The van der Waals surface area contributed by atoms with E-state index < -0.39 is 0 Å². The van der Waals surface area contributed by atoms with Crippen molar-refractivity contribution in [3.8, 4) is 11.5 Å². The van der Waals surface area contributed by atoms with Gasteiger partial charge in [-0.3, -0.25) is 4.90 Å². The summed E-state index contributed by atoms with van der Waals surface area (Å²) in [6.45, 7) is 3.73. The lowest BCUT2D eigenvalue weighted by Gasteiger charge is -2.35. The first-order valence-corrected chi connectivity index (χ1v) is 10.4. The number of urea groups is 1. The van der Waals surface area contributed by atoms with Crippen LogP contribution in [0.15, 0.2) is 42.5 Å². The number of ether oxygens (including phenoxy) is 3. The number of hydrogen-bond acceptors (Lipinski definition) is 5. The number of hydrogen-bond donors (Lipinski definition) is 2. The van der Waals surface area contributed by atoms with E-state index in [4.69, 9.17) is 14.2 Å². The molecule has 2 amide bonds. The zero-order valence-corrected chi connectivity index (χ0v) is 18.0. The summed E-state index contributed by atoms with van der Waals surface area (Å²) in [4.78, 5) is 14.6. The number of halogens is 1. The van der Waals surface area contributed by atoms with Crippen LogP contribution >= 0.6 is 0 Å². The van der Waals surface area contributed by atoms with Gasteiger partial charge in [-0.05, 0) is 41.8 Å². The molecule has 8 heteroatoms. The Hall–Kier alpha value is -2.84. The summed E-state index contributed by atoms with van der Waals surface area (Å²) < 4.78 is 29.5. The summed E-state index contributed by atoms with van der Waals surface area (Å²) in [6, 6.07) is 11.9. The van der Waals surface area contributed by atoms with Crippen LogP contribution in [0.3, 0.4) is 0 Å². The molecule has 168 valence electrons. The number of benzene rings is 2. The zero-order chi connectivity index (χ0) is 22.1. The summed E-state index contributed by atoms with van der Waals surface area (Å²) in [6.07, 6.45) is 0.563. The van der Waals surface area contributed by atoms with Gasteiger partial charge in [0.1, 0.15) is 5.82 Å². The van der Waals surface area contributed by atoms with Crippen LogP contribution in [0, 0.1) is 5.82 Å². The second-order valence-electron chi connectivity index (χ2n) is 7.30. The van der Waals surface area contributed by atoms with E-state index in [1.807, 2.05) is 24.3 Å². The molecule has 2 N–H and O–H groups in total. The Bertz CT molecular complexity index is 858. The van der Waals surface area contributed by atoms with E-state index in [0.717, 1.165) is 24.2 Å². The molecule has 1 saturated heterocycles. The van der Waals surface area contributed by atoms with Crippen LogP contribution in [0.5, 0.6) is 11.5 Å². The van der Waals surface area contributed by atoms with Gasteiger partial charge in [-0.2, -0.15) is 0 Å². The van der Waals surface area contributed by atoms with E-state index in [9.17, 15) is 9.18 Å². The SMILES string of the molecule is COc1ccc([C@H](CNC(=O)NCCc2cccc(F)c2)N2CCOCC2)cc1OC. The Labute approximate surface area is 182 Å². The molecule has 0 aliphatic carbocycles. The van der Waals surface area contributed by atoms with Gasteiger partial charge in [0.05, 0.1) is 33.5 Å². The standard InChI is InChI=1S/C23H30FN3O4/c1-29-21-7-6-18(15-22(21)30-2)20(27-10-12-31-13-11-27)16-26-23(28)25-9-8-17-4-3-5-19(24)14-17/h3-7,14-15,20H,8-13,16H2,1-2H3,(H2,25,26,28)/t20-/m0/s1. The maximum absolute atomic E-state index is 13.3. The Morgan fingerprint density at radius 1 is 1.10 bits per heavy atom. The third kappa shape index (κ3) is 6.57. The van der Waals surface area contributed by atoms with E-state index in [2.05, 4.69) is 15.5 Å². The highest BCUT2D eigenvalue weighted by Crippen LogP contribution is 2.32. The lowest BCUT2D eigenvalue weighted by Crippen LogP contribution is -2.46. The van der Waals surface area contributed by atoms with Crippen LogP contribution in [-0.4, -0.2) is 64.5 Å². The molecule has 2 aromatic carbocycles. The molecule has 0 unspecified atom stereocenters. The van der Waals surface area contributed by atoms with Gasteiger partial charge in [-0.25, -0.2) is 9.18 Å². The van der Waals surface area contributed by atoms with Crippen molar-refractivity contribution in [2.24, 2.45) is 0 Å². The number of nitrogens with one attached hydrogen (secondary N) is 2. The van der Waals surface area contributed by atoms with Crippen LogP contribution in [0.25, 0.3) is 0 Å². The smallest absolute Gasteiger partial charge is 0.314 e. The van der Waals surface area contributed by atoms with Crippen molar-refractivity contribution in [1.82, 2.24) is 15.5 Å². The Kier molecular flexibility index (Phi) is 8.49. The first-order chi connectivity index (χ1) is 15.1. The lowest BCUT2D eigenvalue weighted by atomic mass is 10.0. The number of methoxy groups -OCH3 is 2. The van der Waals surface area contributed by atoms with Crippen LogP contribution in [0.1, 0.15) is 17.2 Å². The quantitative estimate of drug-likeness (QED) is 0.639. The Balaban J connectivity index is 1.60. The molecule has 1 heterocycles.